The molecule has 3 rings (SSSR count). The van der Waals surface area contributed by atoms with Crippen molar-refractivity contribution in [3.63, 3.8) is 0 Å². The third-order valence-electron chi connectivity index (χ3n) is 4.83. The van der Waals surface area contributed by atoms with Crippen molar-refractivity contribution in [1.82, 2.24) is 0 Å². The van der Waals surface area contributed by atoms with Crippen molar-refractivity contribution in [2.75, 3.05) is 18.0 Å². The fourth-order valence-electron chi connectivity index (χ4n) is 3.21. The Morgan fingerprint density at radius 3 is 2.27 bits per heavy atom. The van der Waals surface area contributed by atoms with E-state index in [9.17, 15) is 17.6 Å². The fraction of sp³-hybridized carbons (Fsp3) is 0.240. The lowest BCUT2D eigenvalue weighted by atomic mass is 10.1. The summed E-state index contributed by atoms with van der Waals surface area (Å²) in [5, 5.41) is 0. The number of sulfonamides is 1. The molecule has 8 heteroatoms. The second-order valence-electron chi connectivity index (χ2n) is 7.83. The highest BCUT2D eigenvalue weighted by molar-refractivity contribution is 7.92. The predicted molar refractivity (Wildman–Crippen MR) is 124 cm³/mol. The van der Waals surface area contributed by atoms with Gasteiger partial charge < -0.3 is 9.47 Å². The zero-order valence-corrected chi connectivity index (χ0v) is 19.5. The molecule has 33 heavy (non-hydrogen) atoms. The molecule has 0 N–H and O–H groups in total. The third kappa shape index (κ3) is 5.90. The number of methoxy groups -OCH3 is 1. The van der Waals surface area contributed by atoms with Gasteiger partial charge in [0.05, 0.1) is 17.7 Å². The van der Waals surface area contributed by atoms with Crippen molar-refractivity contribution in [1.29, 1.82) is 0 Å². The Bertz CT molecular complexity index is 1200. The Morgan fingerprint density at radius 2 is 1.67 bits per heavy atom. The number of carbonyl (C=O) groups excluding carboxylic acids is 1. The molecular formula is C25H26FNO5S. The Hall–Kier alpha value is -3.39. The molecule has 0 radical (unpaired) electrons. The van der Waals surface area contributed by atoms with Gasteiger partial charge in [0.15, 0.2) is 0 Å². The van der Waals surface area contributed by atoms with Crippen LogP contribution < -0.4 is 9.04 Å². The minimum Gasteiger partial charge on any atom is -0.488 e. The number of hydrogen-bond acceptors (Lipinski definition) is 5. The first kappa shape index (κ1) is 24.3. The van der Waals surface area contributed by atoms with Crippen LogP contribution in [-0.2, 0) is 21.4 Å². The van der Waals surface area contributed by atoms with E-state index >= 15 is 0 Å². The number of anilines is 1. The van der Waals surface area contributed by atoms with Gasteiger partial charge in [0, 0.05) is 6.54 Å². The molecule has 0 bridgehead atoms. The highest BCUT2D eigenvalue weighted by atomic mass is 32.2. The van der Waals surface area contributed by atoms with Gasteiger partial charge in [0.25, 0.3) is 10.0 Å². The number of ether oxygens (including phenoxy) is 2. The van der Waals surface area contributed by atoms with Crippen molar-refractivity contribution in [3.05, 3.63) is 89.7 Å². The van der Waals surface area contributed by atoms with Crippen LogP contribution in [0.5, 0.6) is 5.75 Å². The number of esters is 1. The van der Waals surface area contributed by atoms with Crippen molar-refractivity contribution in [2.24, 2.45) is 5.92 Å². The van der Waals surface area contributed by atoms with Crippen molar-refractivity contribution in [3.8, 4) is 5.75 Å². The quantitative estimate of drug-likeness (QED) is 0.409. The van der Waals surface area contributed by atoms with E-state index < -0.39 is 21.8 Å². The fourth-order valence-corrected chi connectivity index (χ4v) is 4.83. The summed E-state index contributed by atoms with van der Waals surface area (Å²) in [6.07, 6.45) is 0. The van der Waals surface area contributed by atoms with Crippen LogP contribution in [0.2, 0.25) is 0 Å². The van der Waals surface area contributed by atoms with E-state index in [2.05, 4.69) is 0 Å². The van der Waals surface area contributed by atoms with Gasteiger partial charge in [-0.15, -0.1) is 0 Å². The van der Waals surface area contributed by atoms with Crippen LogP contribution in [0.1, 0.15) is 29.8 Å². The lowest BCUT2D eigenvalue weighted by molar-refractivity contribution is 0.0595. The normalized spacial score (nSPS) is 11.3. The first-order chi connectivity index (χ1) is 15.7. The average molecular weight is 472 g/mol. The van der Waals surface area contributed by atoms with Gasteiger partial charge in [-0.3, -0.25) is 4.31 Å². The number of halogens is 1. The third-order valence-corrected chi connectivity index (χ3v) is 6.63. The monoisotopic (exact) mass is 471 g/mol. The van der Waals surface area contributed by atoms with Gasteiger partial charge in [0.1, 0.15) is 23.7 Å². The van der Waals surface area contributed by atoms with E-state index in [1.807, 2.05) is 44.2 Å². The highest BCUT2D eigenvalue weighted by Gasteiger charge is 2.27. The summed E-state index contributed by atoms with van der Waals surface area (Å²) in [6, 6.07) is 18.7. The lowest BCUT2D eigenvalue weighted by Gasteiger charge is -2.27. The number of carbonyl (C=O) groups is 1. The molecule has 0 atom stereocenters. The summed E-state index contributed by atoms with van der Waals surface area (Å²) in [6.45, 7) is 4.15. The molecule has 0 amide bonds. The van der Waals surface area contributed by atoms with Crippen LogP contribution in [0.15, 0.2) is 77.7 Å². The molecule has 0 saturated carbocycles. The summed E-state index contributed by atoms with van der Waals surface area (Å²) in [5.74, 6) is -0.921. The highest BCUT2D eigenvalue weighted by Crippen LogP contribution is 2.31. The van der Waals surface area contributed by atoms with E-state index in [0.717, 1.165) is 17.7 Å². The lowest BCUT2D eigenvalue weighted by Crippen LogP contribution is -2.34. The van der Waals surface area contributed by atoms with E-state index in [-0.39, 0.29) is 41.0 Å². The first-order valence-electron chi connectivity index (χ1n) is 10.4. The minimum atomic E-state index is -4.01. The van der Waals surface area contributed by atoms with Crippen LogP contribution in [-0.4, -0.2) is 28.0 Å². The molecule has 0 saturated heterocycles. The minimum absolute atomic E-state index is 0.0178. The number of benzene rings is 3. The molecule has 0 aliphatic rings. The van der Waals surface area contributed by atoms with Crippen LogP contribution in [0.25, 0.3) is 0 Å². The summed E-state index contributed by atoms with van der Waals surface area (Å²) < 4.78 is 52.1. The zero-order chi connectivity index (χ0) is 24.0. The largest absolute Gasteiger partial charge is 0.488 e. The van der Waals surface area contributed by atoms with E-state index in [1.165, 1.54) is 29.6 Å². The van der Waals surface area contributed by atoms with E-state index in [4.69, 9.17) is 9.47 Å². The molecule has 6 nitrogen and oxygen atoms in total. The molecule has 0 aromatic heterocycles. The number of rotatable bonds is 9. The van der Waals surface area contributed by atoms with Gasteiger partial charge in [0.2, 0.25) is 0 Å². The Balaban J connectivity index is 2.01. The maximum Gasteiger partial charge on any atom is 0.341 e. The van der Waals surface area contributed by atoms with Crippen molar-refractivity contribution in [2.45, 2.75) is 25.3 Å². The molecule has 0 aliphatic heterocycles. The van der Waals surface area contributed by atoms with Gasteiger partial charge in [-0.25, -0.2) is 17.6 Å². The van der Waals surface area contributed by atoms with Gasteiger partial charge in [-0.2, -0.15) is 0 Å². The molecule has 0 aliphatic carbocycles. The van der Waals surface area contributed by atoms with Crippen LogP contribution >= 0.6 is 0 Å². The summed E-state index contributed by atoms with van der Waals surface area (Å²) in [7, 11) is -2.76. The molecule has 0 fully saturated rings. The van der Waals surface area contributed by atoms with Crippen molar-refractivity contribution < 1.29 is 27.1 Å². The standard InChI is InChI=1S/C25H26FNO5S/c1-18(2)16-27(33(29,30)22-12-9-20(26)10-13-22)21-11-14-24(23(15-21)25(28)31-3)32-17-19-7-5-4-6-8-19/h4-15,18H,16-17H2,1-3H3. The maximum atomic E-state index is 13.4. The molecular weight excluding hydrogens is 445 g/mol. The summed E-state index contributed by atoms with van der Waals surface area (Å²) >= 11 is 0. The van der Waals surface area contributed by atoms with Crippen LogP contribution in [0.4, 0.5) is 10.1 Å². The Labute approximate surface area is 193 Å². The number of nitrogens with zero attached hydrogens (tertiary/aromatic N) is 1. The summed E-state index contributed by atoms with van der Waals surface area (Å²) in [4.78, 5) is 12.4. The van der Waals surface area contributed by atoms with Gasteiger partial charge >= 0.3 is 5.97 Å². The van der Waals surface area contributed by atoms with E-state index in [1.54, 1.807) is 12.1 Å². The predicted octanol–water partition coefficient (Wildman–Crippen LogP) is 5.04. The Morgan fingerprint density at radius 1 is 1.00 bits per heavy atom. The van der Waals surface area contributed by atoms with E-state index in [0.29, 0.717) is 0 Å². The smallest absolute Gasteiger partial charge is 0.341 e. The molecule has 3 aromatic rings. The molecule has 0 heterocycles. The number of hydrogen-bond donors (Lipinski definition) is 0. The maximum absolute atomic E-state index is 13.4. The SMILES string of the molecule is COC(=O)c1cc(N(CC(C)C)S(=O)(=O)c2ccc(F)cc2)ccc1OCc1ccccc1. The topological polar surface area (TPSA) is 72.9 Å². The molecule has 3 aromatic carbocycles. The second kappa shape index (κ2) is 10.5. The van der Waals surface area contributed by atoms with Crippen LogP contribution in [0, 0.1) is 11.7 Å². The second-order valence-corrected chi connectivity index (χ2v) is 9.69. The summed E-state index contributed by atoms with van der Waals surface area (Å²) in [5.41, 5.74) is 1.30. The van der Waals surface area contributed by atoms with Gasteiger partial charge in [-0.05, 0) is 53.9 Å². The zero-order valence-electron chi connectivity index (χ0n) is 18.7. The van der Waals surface area contributed by atoms with Gasteiger partial charge in [-0.1, -0.05) is 44.2 Å². The average Bonchev–Trinajstić information content (AvgIpc) is 2.81. The van der Waals surface area contributed by atoms with Crippen molar-refractivity contribution >= 4 is 21.7 Å². The molecule has 174 valence electrons. The molecule has 0 unspecified atom stereocenters. The molecule has 0 spiro atoms. The first-order valence-corrected chi connectivity index (χ1v) is 11.8. The van der Waals surface area contributed by atoms with Crippen LogP contribution in [0.3, 0.4) is 0 Å². The Kier molecular flexibility index (Phi) is 7.71.